The molecule has 1 saturated carbocycles. The SMILES string of the molecule is CNc1nccc(C#N)c1OC1CC1. The molecule has 2 rings (SSSR count). The predicted octanol–water partition coefficient (Wildman–Crippen LogP) is 1.54. The van der Waals surface area contributed by atoms with Gasteiger partial charge in [-0.15, -0.1) is 0 Å². The van der Waals surface area contributed by atoms with Crippen molar-refractivity contribution < 1.29 is 4.74 Å². The van der Waals surface area contributed by atoms with Gasteiger partial charge in [-0.05, 0) is 18.9 Å². The van der Waals surface area contributed by atoms with Gasteiger partial charge in [-0.25, -0.2) is 4.98 Å². The molecule has 4 heteroatoms. The number of nitrogens with one attached hydrogen (secondary N) is 1. The van der Waals surface area contributed by atoms with E-state index in [1.807, 2.05) is 0 Å². The van der Waals surface area contributed by atoms with Gasteiger partial charge < -0.3 is 10.1 Å². The molecule has 0 aliphatic heterocycles. The van der Waals surface area contributed by atoms with E-state index in [2.05, 4.69) is 16.4 Å². The van der Waals surface area contributed by atoms with E-state index in [1.54, 1.807) is 19.3 Å². The van der Waals surface area contributed by atoms with Gasteiger partial charge in [-0.2, -0.15) is 5.26 Å². The zero-order valence-electron chi connectivity index (χ0n) is 7.95. The van der Waals surface area contributed by atoms with Crippen LogP contribution in [0.1, 0.15) is 18.4 Å². The van der Waals surface area contributed by atoms with Crippen molar-refractivity contribution in [1.29, 1.82) is 5.26 Å². The Hall–Kier alpha value is -1.76. The summed E-state index contributed by atoms with van der Waals surface area (Å²) in [4.78, 5) is 4.10. The molecular formula is C10H11N3O. The summed E-state index contributed by atoms with van der Waals surface area (Å²) in [6, 6.07) is 3.76. The standard InChI is InChI=1S/C10H11N3O/c1-12-10-9(14-8-2-3-8)7(6-11)4-5-13-10/h4-5,8H,2-3H2,1H3,(H,12,13). The average molecular weight is 189 g/mol. The first kappa shape index (κ1) is 8.82. The molecule has 1 heterocycles. The predicted molar refractivity (Wildman–Crippen MR) is 52.1 cm³/mol. The van der Waals surface area contributed by atoms with Crippen LogP contribution in [0.25, 0.3) is 0 Å². The molecule has 0 bridgehead atoms. The van der Waals surface area contributed by atoms with E-state index in [9.17, 15) is 0 Å². The monoisotopic (exact) mass is 189 g/mol. The van der Waals surface area contributed by atoms with Crippen molar-refractivity contribution in [2.75, 3.05) is 12.4 Å². The molecule has 0 spiro atoms. The summed E-state index contributed by atoms with van der Waals surface area (Å²) in [6.07, 6.45) is 4.02. The maximum absolute atomic E-state index is 8.89. The topological polar surface area (TPSA) is 57.9 Å². The van der Waals surface area contributed by atoms with Gasteiger partial charge >= 0.3 is 0 Å². The quantitative estimate of drug-likeness (QED) is 0.783. The van der Waals surface area contributed by atoms with E-state index in [4.69, 9.17) is 10.00 Å². The molecule has 0 radical (unpaired) electrons. The lowest BCUT2D eigenvalue weighted by Crippen LogP contribution is -2.03. The second kappa shape index (κ2) is 3.54. The highest BCUT2D eigenvalue weighted by atomic mass is 16.5. The normalized spacial score (nSPS) is 14.6. The van der Waals surface area contributed by atoms with Crippen molar-refractivity contribution in [3.8, 4) is 11.8 Å². The summed E-state index contributed by atoms with van der Waals surface area (Å²) in [5.41, 5.74) is 0.538. The van der Waals surface area contributed by atoms with E-state index in [-0.39, 0.29) is 6.10 Å². The number of nitriles is 1. The van der Waals surface area contributed by atoms with E-state index >= 15 is 0 Å². The van der Waals surface area contributed by atoms with Crippen LogP contribution in [0, 0.1) is 11.3 Å². The highest BCUT2D eigenvalue weighted by Crippen LogP contribution is 2.32. The van der Waals surface area contributed by atoms with E-state index < -0.39 is 0 Å². The van der Waals surface area contributed by atoms with Crippen LogP contribution in [0.3, 0.4) is 0 Å². The van der Waals surface area contributed by atoms with Crippen molar-refractivity contribution in [3.05, 3.63) is 17.8 Å². The minimum Gasteiger partial charge on any atom is -0.485 e. The van der Waals surface area contributed by atoms with Crippen molar-refractivity contribution in [2.24, 2.45) is 0 Å². The number of ether oxygens (including phenoxy) is 1. The lowest BCUT2D eigenvalue weighted by Gasteiger charge is -2.10. The summed E-state index contributed by atoms with van der Waals surface area (Å²) >= 11 is 0. The van der Waals surface area contributed by atoms with Gasteiger partial charge in [0.2, 0.25) is 0 Å². The van der Waals surface area contributed by atoms with Gasteiger partial charge in [0.25, 0.3) is 0 Å². The van der Waals surface area contributed by atoms with Crippen LogP contribution in [0.15, 0.2) is 12.3 Å². The first-order valence-electron chi connectivity index (χ1n) is 4.58. The Labute approximate surface area is 82.5 Å². The fourth-order valence-corrected chi connectivity index (χ4v) is 1.19. The Morgan fingerprint density at radius 1 is 1.64 bits per heavy atom. The Morgan fingerprint density at radius 3 is 3.00 bits per heavy atom. The molecule has 1 fully saturated rings. The zero-order chi connectivity index (χ0) is 9.97. The first-order valence-corrected chi connectivity index (χ1v) is 4.58. The summed E-state index contributed by atoms with van der Waals surface area (Å²) < 4.78 is 5.62. The molecule has 1 N–H and O–H groups in total. The van der Waals surface area contributed by atoms with Crippen LogP contribution >= 0.6 is 0 Å². The molecule has 1 aliphatic carbocycles. The fourth-order valence-electron chi connectivity index (χ4n) is 1.19. The minimum absolute atomic E-state index is 0.276. The van der Waals surface area contributed by atoms with E-state index in [0.717, 1.165) is 12.8 Å². The van der Waals surface area contributed by atoms with Crippen LogP contribution in [-0.2, 0) is 0 Å². The lowest BCUT2D eigenvalue weighted by atomic mass is 10.2. The second-order valence-electron chi connectivity index (χ2n) is 3.22. The van der Waals surface area contributed by atoms with Crippen molar-refractivity contribution in [3.63, 3.8) is 0 Å². The van der Waals surface area contributed by atoms with Crippen molar-refractivity contribution >= 4 is 5.82 Å². The minimum atomic E-state index is 0.276. The van der Waals surface area contributed by atoms with Crippen LogP contribution in [0.5, 0.6) is 5.75 Å². The number of anilines is 1. The maximum Gasteiger partial charge on any atom is 0.179 e. The molecule has 0 atom stereocenters. The van der Waals surface area contributed by atoms with E-state index in [1.165, 1.54) is 0 Å². The molecule has 0 unspecified atom stereocenters. The second-order valence-corrected chi connectivity index (χ2v) is 3.22. The van der Waals surface area contributed by atoms with Crippen LogP contribution in [0.2, 0.25) is 0 Å². The van der Waals surface area contributed by atoms with Crippen LogP contribution in [0.4, 0.5) is 5.82 Å². The Balaban J connectivity index is 2.35. The maximum atomic E-state index is 8.89. The van der Waals surface area contributed by atoms with Crippen LogP contribution in [-0.4, -0.2) is 18.1 Å². The Bertz CT molecular complexity index is 379. The summed E-state index contributed by atoms with van der Waals surface area (Å²) in [6.45, 7) is 0. The number of hydrogen-bond acceptors (Lipinski definition) is 4. The van der Waals surface area contributed by atoms with Gasteiger partial charge in [-0.3, -0.25) is 0 Å². The lowest BCUT2D eigenvalue weighted by molar-refractivity contribution is 0.303. The number of nitrogens with zero attached hydrogens (tertiary/aromatic N) is 2. The average Bonchev–Trinajstić information content (AvgIpc) is 3.02. The Morgan fingerprint density at radius 2 is 2.43 bits per heavy atom. The van der Waals surface area contributed by atoms with Crippen LogP contribution < -0.4 is 10.1 Å². The van der Waals surface area contributed by atoms with Crippen molar-refractivity contribution in [1.82, 2.24) is 4.98 Å². The number of pyridine rings is 1. The van der Waals surface area contributed by atoms with Gasteiger partial charge in [-0.1, -0.05) is 0 Å². The number of rotatable bonds is 3. The molecule has 1 aromatic rings. The number of hydrogen-bond donors (Lipinski definition) is 1. The number of aromatic nitrogens is 1. The highest BCUT2D eigenvalue weighted by molar-refractivity contribution is 5.58. The molecule has 4 nitrogen and oxygen atoms in total. The highest BCUT2D eigenvalue weighted by Gasteiger charge is 2.26. The molecule has 14 heavy (non-hydrogen) atoms. The third-order valence-electron chi connectivity index (χ3n) is 2.07. The van der Waals surface area contributed by atoms with Crippen molar-refractivity contribution in [2.45, 2.75) is 18.9 Å². The molecule has 0 aromatic carbocycles. The molecule has 0 saturated heterocycles. The van der Waals surface area contributed by atoms with Gasteiger partial charge in [0.05, 0.1) is 11.7 Å². The summed E-state index contributed by atoms with van der Waals surface area (Å²) in [7, 11) is 1.77. The molecule has 1 aromatic heterocycles. The smallest absolute Gasteiger partial charge is 0.179 e. The molecule has 0 amide bonds. The Kier molecular flexibility index (Phi) is 2.23. The summed E-state index contributed by atoms with van der Waals surface area (Å²) in [5, 5.41) is 11.8. The third-order valence-corrected chi connectivity index (χ3v) is 2.07. The summed E-state index contributed by atoms with van der Waals surface area (Å²) in [5.74, 6) is 1.22. The van der Waals surface area contributed by atoms with Gasteiger partial charge in [0.1, 0.15) is 6.07 Å². The largest absolute Gasteiger partial charge is 0.485 e. The fraction of sp³-hybridized carbons (Fsp3) is 0.400. The molecule has 72 valence electrons. The van der Waals surface area contributed by atoms with Gasteiger partial charge in [0, 0.05) is 13.2 Å². The first-order chi connectivity index (χ1) is 6.85. The molecular weight excluding hydrogens is 178 g/mol. The van der Waals surface area contributed by atoms with E-state index in [0.29, 0.717) is 17.1 Å². The zero-order valence-corrected chi connectivity index (χ0v) is 7.95. The molecule has 1 aliphatic rings. The third kappa shape index (κ3) is 1.62. The van der Waals surface area contributed by atoms with Gasteiger partial charge in [0.15, 0.2) is 11.6 Å².